The van der Waals surface area contributed by atoms with Crippen LogP contribution in [-0.2, 0) is 6.61 Å². The highest BCUT2D eigenvalue weighted by molar-refractivity contribution is 5.44. The molecule has 0 saturated carbocycles. The molecule has 0 amide bonds. The van der Waals surface area contributed by atoms with Crippen LogP contribution in [0.1, 0.15) is 17.0 Å². The van der Waals surface area contributed by atoms with Crippen LogP contribution in [0.15, 0.2) is 49.0 Å². The van der Waals surface area contributed by atoms with E-state index in [0.717, 1.165) is 22.7 Å². The monoisotopic (exact) mass is 225 g/mol. The number of pyridine rings is 1. The average Bonchev–Trinajstić information content (AvgIpc) is 2.38. The van der Waals surface area contributed by atoms with E-state index in [0.29, 0.717) is 6.61 Å². The lowest BCUT2D eigenvalue weighted by molar-refractivity contribution is 0.302. The lowest BCUT2D eigenvalue weighted by Crippen LogP contribution is -1.98. The van der Waals surface area contributed by atoms with Crippen molar-refractivity contribution in [3.63, 3.8) is 0 Å². The molecule has 1 heterocycles. The first-order valence-corrected chi connectivity index (χ1v) is 5.56. The highest BCUT2D eigenvalue weighted by atomic mass is 16.5. The minimum absolute atomic E-state index is 0.566. The van der Waals surface area contributed by atoms with Crippen LogP contribution in [0.2, 0.25) is 0 Å². The van der Waals surface area contributed by atoms with Crippen molar-refractivity contribution in [1.82, 2.24) is 4.98 Å². The van der Waals surface area contributed by atoms with Crippen molar-refractivity contribution in [2.75, 3.05) is 0 Å². The number of hydrogen-bond donors (Lipinski definition) is 0. The molecular formula is C15H15NO. The van der Waals surface area contributed by atoms with Crippen LogP contribution >= 0.6 is 0 Å². The molecule has 17 heavy (non-hydrogen) atoms. The second-order valence-electron chi connectivity index (χ2n) is 3.80. The molecule has 86 valence electrons. The first-order chi connectivity index (χ1) is 8.29. The molecule has 0 aliphatic carbocycles. The molecule has 0 atom stereocenters. The number of rotatable bonds is 4. The van der Waals surface area contributed by atoms with Crippen molar-refractivity contribution in [2.24, 2.45) is 0 Å². The third-order valence-electron chi connectivity index (χ3n) is 2.51. The van der Waals surface area contributed by atoms with Gasteiger partial charge >= 0.3 is 0 Å². The predicted octanol–water partition coefficient (Wildman–Crippen LogP) is 3.61. The van der Waals surface area contributed by atoms with Gasteiger partial charge in [0.05, 0.1) is 11.4 Å². The number of hydrogen-bond acceptors (Lipinski definition) is 2. The number of aromatic nitrogens is 1. The fraction of sp³-hybridized carbons (Fsp3) is 0.133. The lowest BCUT2D eigenvalue weighted by atomic mass is 10.2. The van der Waals surface area contributed by atoms with Crippen LogP contribution < -0.4 is 4.74 Å². The molecule has 2 rings (SSSR count). The van der Waals surface area contributed by atoms with Crippen LogP contribution in [0.25, 0.3) is 6.08 Å². The van der Waals surface area contributed by atoms with Gasteiger partial charge in [0.25, 0.3) is 0 Å². The van der Waals surface area contributed by atoms with Gasteiger partial charge in [-0.3, -0.25) is 0 Å². The zero-order valence-electron chi connectivity index (χ0n) is 9.89. The second kappa shape index (κ2) is 5.30. The number of aryl methyl sites for hydroxylation is 1. The Kier molecular flexibility index (Phi) is 3.55. The van der Waals surface area contributed by atoms with Crippen LogP contribution in [0.3, 0.4) is 0 Å². The van der Waals surface area contributed by atoms with E-state index in [4.69, 9.17) is 4.74 Å². The SMILES string of the molecule is C=Cc1ccc(OCc2ccccc2)c(C)n1. The van der Waals surface area contributed by atoms with Crippen LogP contribution in [-0.4, -0.2) is 4.98 Å². The number of benzene rings is 1. The highest BCUT2D eigenvalue weighted by Gasteiger charge is 2.01. The Morgan fingerprint density at radius 3 is 2.59 bits per heavy atom. The summed E-state index contributed by atoms with van der Waals surface area (Å²) in [6, 6.07) is 13.9. The number of ether oxygens (including phenoxy) is 1. The quantitative estimate of drug-likeness (QED) is 0.793. The topological polar surface area (TPSA) is 22.1 Å². The molecule has 2 heteroatoms. The summed E-state index contributed by atoms with van der Waals surface area (Å²) < 4.78 is 5.73. The molecule has 0 saturated heterocycles. The van der Waals surface area contributed by atoms with E-state index in [9.17, 15) is 0 Å². The number of nitrogens with zero attached hydrogens (tertiary/aromatic N) is 1. The van der Waals surface area contributed by atoms with E-state index in [-0.39, 0.29) is 0 Å². The van der Waals surface area contributed by atoms with Crippen LogP contribution in [0, 0.1) is 6.92 Å². The van der Waals surface area contributed by atoms with Crippen molar-refractivity contribution in [2.45, 2.75) is 13.5 Å². The molecule has 2 nitrogen and oxygen atoms in total. The first-order valence-electron chi connectivity index (χ1n) is 5.56. The van der Waals surface area contributed by atoms with Gasteiger partial charge in [0, 0.05) is 0 Å². The van der Waals surface area contributed by atoms with Crippen molar-refractivity contribution >= 4 is 6.08 Å². The average molecular weight is 225 g/mol. The zero-order valence-corrected chi connectivity index (χ0v) is 9.89. The minimum Gasteiger partial charge on any atom is -0.487 e. The van der Waals surface area contributed by atoms with Gasteiger partial charge in [-0.05, 0) is 30.7 Å². The molecule has 0 aliphatic rings. The van der Waals surface area contributed by atoms with Gasteiger partial charge < -0.3 is 4.74 Å². The Morgan fingerprint density at radius 2 is 1.94 bits per heavy atom. The Labute approximate surface area is 102 Å². The van der Waals surface area contributed by atoms with E-state index < -0.39 is 0 Å². The summed E-state index contributed by atoms with van der Waals surface area (Å²) >= 11 is 0. The maximum atomic E-state index is 5.73. The molecule has 1 aromatic heterocycles. The highest BCUT2D eigenvalue weighted by Crippen LogP contribution is 2.17. The van der Waals surface area contributed by atoms with Crippen molar-refractivity contribution in [3.8, 4) is 5.75 Å². The van der Waals surface area contributed by atoms with E-state index in [1.165, 1.54) is 0 Å². The summed E-state index contributed by atoms with van der Waals surface area (Å²) in [5, 5.41) is 0. The van der Waals surface area contributed by atoms with E-state index in [1.54, 1.807) is 6.08 Å². The minimum atomic E-state index is 0.566. The van der Waals surface area contributed by atoms with Gasteiger partial charge in [-0.15, -0.1) is 0 Å². The van der Waals surface area contributed by atoms with E-state index in [1.807, 2.05) is 49.4 Å². The smallest absolute Gasteiger partial charge is 0.141 e. The van der Waals surface area contributed by atoms with Crippen molar-refractivity contribution in [1.29, 1.82) is 0 Å². The largest absolute Gasteiger partial charge is 0.487 e. The molecule has 0 aliphatic heterocycles. The molecule has 0 bridgehead atoms. The fourth-order valence-electron chi connectivity index (χ4n) is 1.57. The molecule has 0 spiro atoms. The third-order valence-corrected chi connectivity index (χ3v) is 2.51. The van der Waals surface area contributed by atoms with Crippen molar-refractivity contribution in [3.05, 3.63) is 66.0 Å². The Balaban J connectivity index is 2.07. The van der Waals surface area contributed by atoms with Crippen molar-refractivity contribution < 1.29 is 4.74 Å². The fourth-order valence-corrected chi connectivity index (χ4v) is 1.57. The second-order valence-corrected chi connectivity index (χ2v) is 3.80. The summed E-state index contributed by atoms with van der Waals surface area (Å²) in [4.78, 5) is 4.36. The summed E-state index contributed by atoms with van der Waals surface area (Å²) in [7, 11) is 0. The van der Waals surface area contributed by atoms with Crippen LogP contribution in [0.5, 0.6) is 5.75 Å². The summed E-state index contributed by atoms with van der Waals surface area (Å²) in [6.45, 7) is 6.20. The van der Waals surface area contributed by atoms with Gasteiger partial charge in [0.1, 0.15) is 12.4 Å². The Bertz CT molecular complexity index is 506. The zero-order chi connectivity index (χ0) is 12.1. The molecule has 0 fully saturated rings. The van der Waals surface area contributed by atoms with Gasteiger partial charge in [-0.25, -0.2) is 4.98 Å². The molecular weight excluding hydrogens is 210 g/mol. The maximum Gasteiger partial charge on any atom is 0.141 e. The normalized spacial score (nSPS) is 9.94. The molecule has 0 N–H and O–H groups in total. The van der Waals surface area contributed by atoms with Gasteiger partial charge in [-0.2, -0.15) is 0 Å². The summed E-state index contributed by atoms with van der Waals surface area (Å²) in [5.74, 6) is 0.819. The standard InChI is InChI=1S/C15H15NO/c1-3-14-9-10-15(12(2)16-14)17-11-13-7-5-4-6-8-13/h3-10H,1,11H2,2H3. The Morgan fingerprint density at radius 1 is 1.18 bits per heavy atom. The van der Waals surface area contributed by atoms with Gasteiger partial charge in [0.15, 0.2) is 0 Å². The van der Waals surface area contributed by atoms with Gasteiger partial charge in [-0.1, -0.05) is 36.9 Å². The predicted molar refractivity (Wildman–Crippen MR) is 69.8 cm³/mol. The first kappa shape index (κ1) is 11.4. The summed E-state index contributed by atoms with van der Waals surface area (Å²) in [5.41, 5.74) is 2.91. The van der Waals surface area contributed by atoms with Gasteiger partial charge in [0.2, 0.25) is 0 Å². The van der Waals surface area contributed by atoms with E-state index >= 15 is 0 Å². The molecule has 2 aromatic rings. The molecule has 0 radical (unpaired) electrons. The maximum absolute atomic E-state index is 5.73. The molecule has 0 unspecified atom stereocenters. The summed E-state index contributed by atoms with van der Waals surface area (Å²) in [6.07, 6.45) is 1.73. The van der Waals surface area contributed by atoms with E-state index in [2.05, 4.69) is 11.6 Å². The Hall–Kier alpha value is -2.09. The van der Waals surface area contributed by atoms with Crippen LogP contribution in [0.4, 0.5) is 0 Å². The third kappa shape index (κ3) is 2.94. The molecule has 1 aromatic carbocycles. The lowest BCUT2D eigenvalue weighted by Gasteiger charge is -2.08.